The van der Waals surface area contributed by atoms with Gasteiger partial charge in [-0.15, -0.1) is 0 Å². The van der Waals surface area contributed by atoms with Crippen LogP contribution in [0.3, 0.4) is 0 Å². The quantitative estimate of drug-likeness (QED) is 0.745. The van der Waals surface area contributed by atoms with E-state index in [4.69, 9.17) is 4.74 Å². The lowest BCUT2D eigenvalue weighted by Crippen LogP contribution is -2.30. The van der Waals surface area contributed by atoms with Crippen molar-refractivity contribution in [3.8, 4) is 5.75 Å². The second kappa shape index (κ2) is 9.06. The maximum Gasteiger partial charge on any atom is 0.123 e. The third-order valence-corrected chi connectivity index (χ3v) is 3.90. The molecule has 1 atom stereocenters. The van der Waals surface area contributed by atoms with Gasteiger partial charge in [0.25, 0.3) is 0 Å². The topological polar surface area (TPSA) is 24.5 Å². The molecule has 0 heterocycles. The lowest BCUT2D eigenvalue weighted by molar-refractivity contribution is 0.220. The van der Waals surface area contributed by atoms with Crippen LogP contribution >= 0.6 is 0 Å². The maximum atomic E-state index is 5.81. The number of nitrogens with zero attached hydrogens (tertiary/aromatic N) is 1. The summed E-state index contributed by atoms with van der Waals surface area (Å²) in [7, 11) is 0. The van der Waals surface area contributed by atoms with Crippen LogP contribution in [0.1, 0.15) is 58.7 Å². The molecule has 0 spiro atoms. The van der Waals surface area contributed by atoms with Crippen LogP contribution in [0.5, 0.6) is 5.75 Å². The molecule has 21 heavy (non-hydrogen) atoms. The zero-order valence-electron chi connectivity index (χ0n) is 14.6. The summed E-state index contributed by atoms with van der Waals surface area (Å²) >= 11 is 0. The Morgan fingerprint density at radius 2 is 1.86 bits per heavy atom. The van der Waals surface area contributed by atoms with E-state index >= 15 is 0 Å². The van der Waals surface area contributed by atoms with Crippen LogP contribution in [0.15, 0.2) is 18.2 Å². The molecule has 1 aromatic rings. The Bertz CT molecular complexity index is 418. The lowest BCUT2D eigenvalue weighted by Gasteiger charge is -2.26. The number of hydrogen-bond donors (Lipinski definition) is 1. The average molecular weight is 292 g/mol. The summed E-state index contributed by atoms with van der Waals surface area (Å²) in [6, 6.07) is 7.50. The molecule has 0 aliphatic carbocycles. The summed E-state index contributed by atoms with van der Waals surface area (Å²) in [5, 5.41) is 3.48. The number of benzene rings is 1. The fourth-order valence-electron chi connectivity index (χ4n) is 2.59. The van der Waals surface area contributed by atoms with Crippen LogP contribution in [0.2, 0.25) is 0 Å². The summed E-state index contributed by atoms with van der Waals surface area (Å²) in [6.07, 6.45) is 0. The van der Waals surface area contributed by atoms with Gasteiger partial charge < -0.3 is 10.1 Å². The molecule has 0 saturated carbocycles. The fraction of sp³-hybridized carbons (Fsp3) is 0.667. The first-order valence-corrected chi connectivity index (χ1v) is 8.26. The molecular weight excluding hydrogens is 260 g/mol. The Labute approximate surface area is 130 Å². The Morgan fingerprint density at radius 3 is 2.38 bits per heavy atom. The first-order valence-electron chi connectivity index (χ1n) is 8.26. The van der Waals surface area contributed by atoms with Gasteiger partial charge >= 0.3 is 0 Å². The van der Waals surface area contributed by atoms with E-state index in [0.717, 1.165) is 25.4 Å². The van der Waals surface area contributed by atoms with Crippen molar-refractivity contribution >= 4 is 0 Å². The van der Waals surface area contributed by atoms with E-state index in [1.54, 1.807) is 0 Å². The first kappa shape index (κ1) is 18.0. The third kappa shape index (κ3) is 5.33. The summed E-state index contributed by atoms with van der Waals surface area (Å²) < 4.78 is 5.81. The van der Waals surface area contributed by atoms with Crippen molar-refractivity contribution in [2.75, 3.05) is 19.7 Å². The molecule has 1 rings (SSSR count). The van der Waals surface area contributed by atoms with Gasteiger partial charge in [-0.2, -0.15) is 0 Å². The number of nitrogens with one attached hydrogen (secondary N) is 1. The second-order valence-electron chi connectivity index (χ2n) is 5.74. The average Bonchev–Trinajstić information content (AvgIpc) is 2.46. The molecule has 0 amide bonds. The van der Waals surface area contributed by atoms with Crippen LogP contribution in [0.25, 0.3) is 0 Å². The van der Waals surface area contributed by atoms with Gasteiger partial charge in [0.1, 0.15) is 5.75 Å². The van der Waals surface area contributed by atoms with E-state index in [1.165, 1.54) is 11.1 Å². The Kier molecular flexibility index (Phi) is 7.76. The van der Waals surface area contributed by atoms with Gasteiger partial charge in [-0.3, -0.25) is 4.90 Å². The van der Waals surface area contributed by atoms with Gasteiger partial charge in [0.15, 0.2) is 0 Å². The van der Waals surface area contributed by atoms with Gasteiger partial charge in [0.05, 0.1) is 6.61 Å². The van der Waals surface area contributed by atoms with Crippen molar-refractivity contribution in [3.05, 3.63) is 29.3 Å². The Hall–Kier alpha value is -1.06. The first-order chi connectivity index (χ1) is 10.0. The molecule has 0 fully saturated rings. The van der Waals surface area contributed by atoms with E-state index in [0.29, 0.717) is 18.7 Å². The van der Waals surface area contributed by atoms with Crippen LogP contribution in [0, 0.1) is 0 Å². The summed E-state index contributed by atoms with van der Waals surface area (Å²) in [4.78, 5) is 2.46. The SMILES string of the molecule is CCNC(C)c1ccc(OCC)c(CN(CC)C(C)C)c1. The van der Waals surface area contributed by atoms with Crippen LogP contribution in [-0.2, 0) is 6.54 Å². The minimum Gasteiger partial charge on any atom is -0.494 e. The molecule has 120 valence electrons. The molecule has 3 heteroatoms. The molecule has 0 aliphatic rings. The second-order valence-corrected chi connectivity index (χ2v) is 5.74. The van der Waals surface area contributed by atoms with Crippen molar-refractivity contribution in [3.63, 3.8) is 0 Å². The molecule has 0 aliphatic heterocycles. The van der Waals surface area contributed by atoms with E-state index in [2.05, 4.69) is 63.0 Å². The molecule has 0 bridgehead atoms. The highest BCUT2D eigenvalue weighted by atomic mass is 16.5. The van der Waals surface area contributed by atoms with Crippen molar-refractivity contribution in [1.82, 2.24) is 10.2 Å². The van der Waals surface area contributed by atoms with E-state index in [9.17, 15) is 0 Å². The van der Waals surface area contributed by atoms with Crippen molar-refractivity contribution in [2.45, 2.75) is 60.2 Å². The zero-order chi connectivity index (χ0) is 15.8. The number of rotatable bonds is 9. The van der Waals surface area contributed by atoms with Gasteiger partial charge in [-0.1, -0.05) is 19.9 Å². The summed E-state index contributed by atoms with van der Waals surface area (Å²) in [6.45, 7) is 16.8. The molecule has 0 aromatic heterocycles. The number of ether oxygens (including phenoxy) is 1. The van der Waals surface area contributed by atoms with Crippen LogP contribution in [-0.4, -0.2) is 30.6 Å². The highest BCUT2D eigenvalue weighted by molar-refractivity contribution is 5.38. The van der Waals surface area contributed by atoms with Gasteiger partial charge in [-0.05, 0) is 58.5 Å². The Balaban J connectivity index is 3.02. The predicted octanol–water partition coefficient (Wildman–Crippen LogP) is 3.99. The standard InChI is InChI=1S/C18H32N2O/c1-7-19-15(6)16-10-11-18(21-9-3)17(12-16)13-20(8-2)14(4)5/h10-12,14-15,19H,7-9,13H2,1-6H3. The molecule has 0 radical (unpaired) electrons. The van der Waals surface area contributed by atoms with Crippen molar-refractivity contribution in [2.24, 2.45) is 0 Å². The summed E-state index contributed by atoms with van der Waals surface area (Å²) in [5.74, 6) is 1.02. The monoisotopic (exact) mass is 292 g/mol. The van der Waals surface area contributed by atoms with Crippen LogP contribution in [0.4, 0.5) is 0 Å². The van der Waals surface area contributed by atoms with E-state index in [1.807, 2.05) is 6.92 Å². The largest absolute Gasteiger partial charge is 0.494 e. The van der Waals surface area contributed by atoms with Gasteiger partial charge in [-0.25, -0.2) is 0 Å². The van der Waals surface area contributed by atoms with Crippen molar-refractivity contribution < 1.29 is 4.74 Å². The maximum absolute atomic E-state index is 5.81. The van der Waals surface area contributed by atoms with Crippen LogP contribution < -0.4 is 10.1 Å². The molecular formula is C18H32N2O. The van der Waals surface area contributed by atoms with E-state index < -0.39 is 0 Å². The lowest BCUT2D eigenvalue weighted by atomic mass is 10.0. The smallest absolute Gasteiger partial charge is 0.123 e. The van der Waals surface area contributed by atoms with Gasteiger partial charge in [0.2, 0.25) is 0 Å². The highest BCUT2D eigenvalue weighted by Crippen LogP contribution is 2.25. The molecule has 1 unspecified atom stereocenters. The Morgan fingerprint density at radius 1 is 1.14 bits per heavy atom. The predicted molar refractivity (Wildman–Crippen MR) is 90.9 cm³/mol. The molecule has 1 N–H and O–H groups in total. The minimum atomic E-state index is 0.374. The molecule has 1 aromatic carbocycles. The number of hydrogen-bond acceptors (Lipinski definition) is 3. The normalized spacial score (nSPS) is 13.0. The highest BCUT2D eigenvalue weighted by Gasteiger charge is 2.14. The molecule has 0 saturated heterocycles. The van der Waals surface area contributed by atoms with E-state index in [-0.39, 0.29) is 0 Å². The minimum absolute atomic E-state index is 0.374. The third-order valence-electron chi connectivity index (χ3n) is 3.90. The van der Waals surface area contributed by atoms with Gasteiger partial charge in [0, 0.05) is 24.2 Å². The summed E-state index contributed by atoms with van der Waals surface area (Å²) in [5.41, 5.74) is 2.62. The van der Waals surface area contributed by atoms with Crippen molar-refractivity contribution in [1.29, 1.82) is 0 Å². The zero-order valence-corrected chi connectivity index (χ0v) is 14.6. The fourth-order valence-corrected chi connectivity index (χ4v) is 2.59. The molecule has 3 nitrogen and oxygen atoms in total.